The molecule has 0 spiro atoms. The molecule has 0 radical (unpaired) electrons. The second kappa shape index (κ2) is 8.43. The van der Waals surface area contributed by atoms with Crippen LogP contribution in [0.5, 0.6) is 5.75 Å². The van der Waals surface area contributed by atoms with Crippen molar-refractivity contribution >= 4 is 5.97 Å². The van der Waals surface area contributed by atoms with Gasteiger partial charge in [-0.05, 0) is 62.2 Å². The molecule has 2 N–H and O–H groups in total. The van der Waals surface area contributed by atoms with E-state index in [2.05, 4.69) is 5.32 Å². The predicted octanol–water partition coefficient (Wildman–Crippen LogP) is 4.28. The summed E-state index contributed by atoms with van der Waals surface area (Å²) in [6.07, 6.45) is -3.59. The number of carboxylic acids is 1. The van der Waals surface area contributed by atoms with Crippen LogP contribution in [0.1, 0.15) is 30.5 Å². The number of ether oxygens (including phenoxy) is 1. The van der Waals surface area contributed by atoms with E-state index in [4.69, 9.17) is 9.84 Å². The fraction of sp³-hybridized carbons (Fsp3) is 0.350. The summed E-state index contributed by atoms with van der Waals surface area (Å²) in [7, 11) is 0. The van der Waals surface area contributed by atoms with Gasteiger partial charge in [-0.3, -0.25) is 0 Å². The van der Waals surface area contributed by atoms with Gasteiger partial charge < -0.3 is 15.2 Å². The summed E-state index contributed by atoms with van der Waals surface area (Å²) >= 11 is 0. The van der Waals surface area contributed by atoms with Crippen molar-refractivity contribution in [3.63, 3.8) is 0 Å². The Morgan fingerprint density at radius 3 is 2.07 bits per heavy atom. The molecule has 0 heterocycles. The normalized spacial score (nSPS) is 12.0. The number of halogens is 3. The first-order chi connectivity index (χ1) is 12.6. The predicted molar refractivity (Wildman–Crippen MR) is 95.6 cm³/mol. The van der Waals surface area contributed by atoms with Gasteiger partial charge in [-0.1, -0.05) is 24.3 Å². The maximum atomic E-state index is 12.5. The minimum Gasteiger partial charge on any atom is -0.478 e. The van der Waals surface area contributed by atoms with Crippen LogP contribution in [0.25, 0.3) is 0 Å². The molecule has 2 rings (SSSR count). The number of alkyl halides is 3. The lowest BCUT2D eigenvalue weighted by Crippen LogP contribution is -2.37. The van der Waals surface area contributed by atoms with Crippen molar-refractivity contribution in [2.24, 2.45) is 0 Å². The quantitative estimate of drug-likeness (QED) is 0.670. The molecule has 0 aliphatic rings. The average molecular weight is 381 g/mol. The lowest BCUT2D eigenvalue weighted by molar-refractivity contribution is -0.152. The number of hydrogen-bond acceptors (Lipinski definition) is 3. The van der Waals surface area contributed by atoms with Gasteiger partial charge in [-0.25, -0.2) is 4.79 Å². The molecular weight excluding hydrogens is 359 g/mol. The number of rotatable bonds is 8. The highest BCUT2D eigenvalue weighted by atomic mass is 19.4. The van der Waals surface area contributed by atoms with Gasteiger partial charge in [0, 0.05) is 6.54 Å². The molecule has 0 atom stereocenters. The zero-order chi connectivity index (χ0) is 20.1. The van der Waals surface area contributed by atoms with E-state index in [9.17, 15) is 18.0 Å². The Kier molecular flexibility index (Phi) is 6.49. The zero-order valence-electron chi connectivity index (χ0n) is 15.1. The van der Waals surface area contributed by atoms with Crippen molar-refractivity contribution in [3.05, 3.63) is 65.2 Å². The number of carbonyl (C=O) groups is 1. The molecule has 27 heavy (non-hydrogen) atoms. The maximum Gasteiger partial charge on any atom is 0.416 e. The first-order valence-corrected chi connectivity index (χ1v) is 8.46. The van der Waals surface area contributed by atoms with Crippen molar-refractivity contribution in [2.75, 3.05) is 6.54 Å². The highest BCUT2D eigenvalue weighted by molar-refractivity contribution is 5.76. The van der Waals surface area contributed by atoms with Gasteiger partial charge in [0.15, 0.2) is 5.60 Å². The third-order valence-electron chi connectivity index (χ3n) is 4.01. The molecule has 0 aliphatic heterocycles. The minimum absolute atomic E-state index is 0.476. The number of hydrogen-bond donors (Lipinski definition) is 2. The molecule has 2 aromatic rings. The molecule has 0 saturated heterocycles. The molecular formula is C20H22F3NO3. The Morgan fingerprint density at radius 1 is 1.00 bits per heavy atom. The van der Waals surface area contributed by atoms with Crippen LogP contribution in [0.4, 0.5) is 13.2 Å². The zero-order valence-corrected chi connectivity index (χ0v) is 15.1. The highest BCUT2D eigenvalue weighted by Gasteiger charge is 2.30. The Bertz CT molecular complexity index is 754. The largest absolute Gasteiger partial charge is 0.478 e. The van der Waals surface area contributed by atoms with Crippen LogP contribution in [-0.2, 0) is 23.9 Å². The van der Waals surface area contributed by atoms with E-state index in [0.717, 1.165) is 29.7 Å². The van der Waals surface area contributed by atoms with E-state index in [-0.39, 0.29) is 0 Å². The van der Waals surface area contributed by atoms with E-state index < -0.39 is 23.3 Å². The number of carboxylic acid groups (broad SMARTS) is 1. The monoisotopic (exact) mass is 381 g/mol. The van der Waals surface area contributed by atoms with Gasteiger partial charge in [-0.15, -0.1) is 0 Å². The van der Waals surface area contributed by atoms with Crippen LogP contribution in [0.15, 0.2) is 48.5 Å². The van der Waals surface area contributed by atoms with Crippen molar-refractivity contribution in [2.45, 2.75) is 38.6 Å². The first kappa shape index (κ1) is 20.8. The molecule has 0 amide bonds. The number of nitrogens with one attached hydrogen (secondary N) is 1. The van der Waals surface area contributed by atoms with E-state index >= 15 is 0 Å². The standard InChI is InChI=1S/C20H22F3NO3/c1-19(2,18(25)26)27-17-9-5-14(6-10-17)11-12-24-13-15-3-7-16(8-4-15)20(21,22)23/h3-10,24H,11-13H2,1-2H3,(H,25,26). The van der Waals surface area contributed by atoms with Gasteiger partial charge >= 0.3 is 12.1 Å². The number of benzene rings is 2. The number of aliphatic carboxylic acids is 1. The second-order valence-electron chi connectivity index (χ2n) is 6.68. The molecule has 4 nitrogen and oxygen atoms in total. The summed E-state index contributed by atoms with van der Waals surface area (Å²) in [5, 5.41) is 12.2. The van der Waals surface area contributed by atoms with Crippen LogP contribution < -0.4 is 10.1 Å². The summed E-state index contributed by atoms with van der Waals surface area (Å²) in [6, 6.07) is 12.2. The maximum absolute atomic E-state index is 12.5. The van der Waals surface area contributed by atoms with Crippen molar-refractivity contribution in [1.29, 1.82) is 0 Å². The minimum atomic E-state index is -4.32. The third-order valence-corrected chi connectivity index (χ3v) is 4.01. The smallest absolute Gasteiger partial charge is 0.416 e. The summed E-state index contributed by atoms with van der Waals surface area (Å²) in [6.45, 7) is 4.09. The van der Waals surface area contributed by atoms with Crippen LogP contribution in [0.3, 0.4) is 0 Å². The van der Waals surface area contributed by atoms with Crippen molar-refractivity contribution in [3.8, 4) is 5.75 Å². The van der Waals surface area contributed by atoms with Gasteiger partial charge in [0.2, 0.25) is 0 Å². The molecule has 0 unspecified atom stereocenters. The topological polar surface area (TPSA) is 58.6 Å². The van der Waals surface area contributed by atoms with Crippen LogP contribution in [-0.4, -0.2) is 23.2 Å². The van der Waals surface area contributed by atoms with E-state index in [1.54, 1.807) is 12.1 Å². The first-order valence-electron chi connectivity index (χ1n) is 8.46. The molecule has 0 saturated carbocycles. The average Bonchev–Trinajstić information content (AvgIpc) is 2.59. The molecule has 146 valence electrons. The molecule has 0 bridgehead atoms. The molecule has 0 aliphatic carbocycles. The summed E-state index contributed by atoms with van der Waals surface area (Å²) < 4.78 is 43.0. The van der Waals surface area contributed by atoms with Crippen LogP contribution in [0.2, 0.25) is 0 Å². The Hall–Kier alpha value is -2.54. The van der Waals surface area contributed by atoms with Crippen LogP contribution in [0, 0.1) is 0 Å². The van der Waals surface area contributed by atoms with E-state index in [1.165, 1.54) is 26.0 Å². The van der Waals surface area contributed by atoms with Crippen LogP contribution >= 0.6 is 0 Å². The van der Waals surface area contributed by atoms with Gasteiger partial charge in [0.1, 0.15) is 5.75 Å². The van der Waals surface area contributed by atoms with Gasteiger partial charge in [-0.2, -0.15) is 13.2 Å². The van der Waals surface area contributed by atoms with Crippen molar-refractivity contribution in [1.82, 2.24) is 5.32 Å². The second-order valence-corrected chi connectivity index (χ2v) is 6.68. The Balaban J connectivity index is 1.78. The fourth-order valence-corrected chi connectivity index (χ4v) is 2.34. The molecule has 0 fully saturated rings. The van der Waals surface area contributed by atoms with Gasteiger partial charge in [0.25, 0.3) is 0 Å². The molecule has 2 aromatic carbocycles. The fourth-order valence-electron chi connectivity index (χ4n) is 2.34. The van der Waals surface area contributed by atoms with Crippen molar-refractivity contribution < 1.29 is 27.8 Å². The van der Waals surface area contributed by atoms with E-state index in [0.29, 0.717) is 18.8 Å². The molecule has 0 aromatic heterocycles. The lowest BCUT2D eigenvalue weighted by Gasteiger charge is -2.21. The summed E-state index contributed by atoms with van der Waals surface area (Å²) in [5.74, 6) is -0.567. The highest BCUT2D eigenvalue weighted by Crippen LogP contribution is 2.29. The van der Waals surface area contributed by atoms with E-state index in [1.807, 2.05) is 12.1 Å². The lowest BCUT2D eigenvalue weighted by atomic mass is 10.1. The SMILES string of the molecule is CC(C)(Oc1ccc(CCNCc2ccc(C(F)(F)F)cc2)cc1)C(=O)O. The van der Waals surface area contributed by atoms with Gasteiger partial charge in [0.05, 0.1) is 5.56 Å². The Labute approximate surface area is 156 Å². The third kappa shape index (κ3) is 6.29. The summed E-state index contributed by atoms with van der Waals surface area (Å²) in [5.41, 5.74) is -0.136. The summed E-state index contributed by atoms with van der Waals surface area (Å²) in [4.78, 5) is 11.1. The molecule has 7 heteroatoms. The Morgan fingerprint density at radius 2 is 1.56 bits per heavy atom.